The lowest BCUT2D eigenvalue weighted by Crippen LogP contribution is -2.57. The van der Waals surface area contributed by atoms with E-state index in [-0.39, 0.29) is 5.91 Å². The molecule has 4 aromatic rings. The SMILES string of the molecule is CCc1nc2ccccc2n1-c1nc(N2CCOCC2)c2nc(C(=O)N3CCN(C4COC4)CC3)n(C)c2n1. The molecule has 39 heavy (non-hydrogen) atoms. The van der Waals surface area contributed by atoms with Crippen molar-refractivity contribution in [2.45, 2.75) is 19.4 Å². The predicted octanol–water partition coefficient (Wildman–Crippen LogP) is 1.26. The minimum Gasteiger partial charge on any atom is -0.378 e. The number of ether oxygens (including phenoxy) is 2. The molecule has 0 radical (unpaired) electrons. The quantitative estimate of drug-likeness (QED) is 0.376. The van der Waals surface area contributed by atoms with Gasteiger partial charge in [-0.3, -0.25) is 14.3 Å². The second-order valence-corrected chi connectivity index (χ2v) is 10.3. The summed E-state index contributed by atoms with van der Waals surface area (Å²) < 4.78 is 14.8. The van der Waals surface area contributed by atoms with Crippen molar-refractivity contribution in [2.75, 3.05) is 70.6 Å². The summed E-state index contributed by atoms with van der Waals surface area (Å²) in [6, 6.07) is 8.51. The standard InChI is InChI=1S/C27H33N9O3/c1-3-21-28-19-6-4-5-7-20(19)36(21)27-30-23-22(24(31-27)34-12-14-38-15-13-34)29-25(32(23)2)26(37)35-10-8-33(9-11-35)18-16-39-17-18/h4-7,18H,3,8-17H2,1-2H3. The van der Waals surface area contributed by atoms with Gasteiger partial charge in [0.25, 0.3) is 5.91 Å². The Hall–Kier alpha value is -3.61. The molecule has 0 unspecified atom stereocenters. The van der Waals surface area contributed by atoms with Gasteiger partial charge in [-0.25, -0.2) is 9.97 Å². The number of hydrogen-bond donors (Lipinski definition) is 0. The van der Waals surface area contributed by atoms with Gasteiger partial charge >= 0.3 is 0 Å². The van der Waals surface area contributed by atoms with Crippen LogP contribution in [0.15, 0.2) is 24.3 Å². The number of para-hydroxylation sites is 2. The number of piperazine rings is 1. The van der Waals surface area contributed by atoms with E-state index < -0.39 is 0 Å². The van der Waals surface area contributed by atoms with Gasteiger partial charge in [0, 0.05) is 52.7 Å². The fourth-order valence-electron chi connectivity index (χ4n) is 5.72. The molecule has 0 aliphatic carbocycles. The van der Waals surface area contributed by atoms with E-state index in [4.69, 9.17) is 29.4 Å². The lowest BCUT2D eigenvalue weighted by Gasteiger charge is -2.42. The highest BCUT2D eigenvalue weighted by Crippen LogP contribution is 2.29. The van der Waals surface area contributed by atoms with Gasteiger partial charge in [0.05, 0.1) is 43.5 Å². The summed E-state index contributed by atoms with van der Waals surface area (Å²) in [5.41, 5.74) is 3.13. The van der Waals surface area contributed by atoms with E-state index in [1.165, 1.54) is 0 Å². The Morgan fingerprint density at radius 1 is 0.949 bits per heavy atom. The summed E-state index contributed by atoms with van der Waals surface area (Å²) in [5, 5.41) is 0. The number of morpholine rings is 1. The summed E-state index contributed by atoms with van der Waals surface area (Å²) in [4.78, 5) is 40.0. The Morgan fingerprint density at radius 3 is 2.44 bits per heavy atom. The molecule has 3 aromatic heterocycles. The predicted molar refractivity (Wildman–Crippen MR) is 145 cm³/mol. The minimum absolute atomic E-state index is 0.0724. The normalized spacial score (nSPS) is 19.2. The molecule has 204 valence electrons. The third kappa shape index (κ3) is 4.14. The fourth-order valence-corrected chi connectivity index (χ4v) is 5.72. The number of amides is 1. The molecule has 0 N–H and O–H groups in total. The zero-order valence-electron chi connectivity index (χ0n) is 22.4. The zero-order chi connectivity index (χ0) is 26.5. The van der Waals surface area contributed by atoms with Crippen LogP contribution < -0.4 is 4.90 Å². The molecule has 3 fully saturated rings. The van der Waals surface area contributed by atoms with Gasteiger partial charge < -0.3 is 23.8 Å². The van der Waals surface area contributed by atoms with Crippen molar-refractivity contribution in [3.05, 3.63) is 35.9 Å². The lowest BCUT2D eigenvalue weighted by atomic mass is 10.2. The molecule has 0 spiro atoms. The Labute approximate surface area is 226 Å². The number of aryl methyl sites for hydroxylation is 2. The first-order valence-corrected chi connectivity index (χ1v) is 13.8. The van der Waals surface area contributed by atoms with Crippen LogP contribution in [0.3, 0.4) is 0 Å². The average molecular weight is 532 g/mol. The fraction of sp³-hybridized carbons (Fsp3) is 0.519. The Kier molecular flexibility index (Phi) is 6.17. The molecule has 0 atom stereocenters. The third-order valence-electron chi connectivity index (χ3n) is 8.08. The van der Waals surface area contributed by atoms with Gasteiger partial charge in [-0.1, -0.05) is 19.1 Å². The summed E-state index contributed by atoms with van der Waals surface area (Å²) in [7, 11) is 1.87. The maximum Gasteiger partial charge on any atom is 0.290 e. The van der Waals surface area contributed by atoms with Crippen molar-refractivity contribution in [3.8, 4) is 5.95 Å². The first-order chi connectivity index (χ1) is 19.1. The number of fused-ring (bicyclic) bond motifs is 2. The molecule has 6 heterocycles. The van der Waals surface area contributed by atoms with Crippen LogP contribution in [-0.2, 0) is 22.9 Å². The van der Waals surface area contributed by atoms with E-state index in [0.717, 1.165) is 55.4 Å². The summed E-state index contributed by atoms with van der Waals surface area (Å²) in [5.74, 6) is 2.46. The largest absolute Gasteiger partial charge is 0.378 e. The molecule has 12 heteroatoms. The highest BCUT2D eigenvalue weighted by atomic mass is 16.5. The number of benzene rings is 1. The first kappa shape index (κ1) is 24.4. The van der Waals surface area contributed by atoms with Crippen molar-refractivity contribution >= 4 is 33.9 Å². The number of aromatic nitrogens is 6. The smallest absolute Gasteiger partial charge is 0.290 e. The second kappa shape index (κ2) is 9.85. The number of nitrogens with zero attached hydrogens (tertiary/aromatic N) is 9. The van der Waals surface area contributed by atoms with E-state index in [2.05, 4.69) is 16.7 Å². The number of rotatable bonds is 5. The van der Waals surface area contributed by atoms with Crippen molar-refractivity contribution in [3.63, 3.8) is 0 Å². The van der Waals surface area contributed by atoms with E-state index in [1.807, 2.05) is 45.3 Å². The van der Waals surface area contributed by atoms with Crippen LogP contribution in [0.25, 0.3) is 28.1 Å². The summed E-state index contributed by atoms with van der Waals surface area (Å²) in [6.07, 6.45) is 0.733. The Bertz CT molecular complexity index is 1530. The maximum absolute atomic E-state index is 13.7. The third-order valence-corrected chi connectivity index (χ3v) is 8.08. The van der Waals surface area contributed by atoms with Crippen LogP contribution in [0.4, 0.5) is 5.82 Å². The lowest BCUT2D eigenvalue weighted by molar-refractivity contribution is -0.0746. The number of carbonyl (C=O) groups excluding carboxylic acids is 1. The van der Waals surface area contributed by atoms with E-state index in [9.17, 15) is 4.79 Å². The van der Waals surface area contributed by atoms with E-state index in [1.54, 1.807) is 0 Å². The monoisotopic (exact) mass is 531 g/mol. The molecule has 1 amide bonds. The van der Waals surface area contributed by atoms with Crippen LogP contribution >= 0.6 is 0 Å². The van der Waals surface area contributed by atoms with Gasteiger partial charge in [0.1, 0.15) is 5.82 Å². The molecule has 7 rings (SSSR count). The van der Waals surface area contributed by atoms with Gasteiger partial charge in [-0.05, 0) is 12.1 Å². The number of carbonyl (C=O) groups is 1. The van der Waals surface area contributed by atoms with E-state index in [0.29, 0.717) is 68.4 Å². The molecule has 3 saturated heterocycles. The Morgan fingerprint density at radius 2 is 1.72 bits per heavy atom. The van der Waals surface area contributed by atoms with Gasteiger partial charge in [-0.15, -0.1) is 0 Å². The second-order valence-electron chi connectivity index (χ2n) is 10.3. The van der Waals surface area contributed by atoms with Gasteiger partial charge in [-0.2, -0.15) is 9.97 Å². The molecular weight excluding hydrogens is 498 g/mol. The van der Waals surface area contributed by atoms with Crippen LogP contribution in [0.1, 0.15) is 23.4 Å². The van der Waals surface area contributed by atoms with E-state index >= 15 is 0 Å². The average Bonchev–Trinajstić information content (AvgIpc) is 3.49. The van der Waals surface area contributed by atoms with Crippen molar-refractivity contribution in [1.82, 2.24) is 38.9 Å². The summed E-state index contributed by atoms with van der Waals surface area (Å²) in [6.45, 7) is 9.32. The molecular formula is C27H33N9O3. The highest BCUT2D eigenvalue weighted by Gasteiger charge is 2.33. The minimum atomic E-state index is -0.0724. The van der Waals surface area contributed by atoms with Crippen LogP contribution in [0.5, 0.6) is 0 Å². The van der Waals surface area contributed by atoms with Crippen molar-refractivity contribution < 1.29 is 14.3 Å². The maximum atomic E-state index is 13.7. The molecule has 12 nitrogen and oxygen atoms in total. The van der Waals surface area contributed by atoms with Crippen molar-refractivity contribution in [1.29, 1.82) is 0 Å². The molecule has 0 bridgehead atoms. The topological polar surface area (TPSA) is 107 Å². The molecule has 3 aliphatic heterocycles. The Balaban J connectivity index is 1.31. The van der Waals surface area contributed by atoms with Crippen molar-refractivity contribution in [2.24, 2.45) is 7.05 Å². The highest BCUT2D eigenvalue weighted by molar-refractivity contribution is 5.96. The zero-order valence-corrected chi connectivity index (χ0v) is 22.4. The van der Waals surface area contributed by atoms with Crippen LogP contribution in [0.2, 0.25) is 0 Å². The number of imidazole rings is 2. The number of hydrogen-bond acceptors (Lipinski definition) is 9. The van der Waals surface area contributed by atoms with Gasteiger partial charge in [0.15, 0.2) is 17.0 Å². The molecule has 3 aliphatic rings. The molecule has 0 saturated carbocycles. The van der Waals surface area contributed by atoms with Crippen LogP contribution in [0, 0.1) is 0 Å². The van der Waals surface area contributed by atoms with Gasteiger partial charge in [0.2, 0.25) is 11.8 Å². The number of anilines is 1. The first-order valence-electron chi connectivity index (χ1n) is 13.8. The van der Waals surface area contributed by atoms with Crippen LogP contribution in [-0.4, -0.2) is 117 Å². The summed E-state index contributed by atoms with van der Waals surface area (Å²) >= 11 is 0. The molecule has 1 aromatic carbocycles.